The second kappa shape index (κ2) is 4.45. The molecular formula is C14H16N2. The van der Waals surface area contributed by atoms with Crippen molar-refractivity contribution in [3.8, 4) is 11.3 Å². The molecule has 2 aromatic rings. The summed E-state index contributed by atoms with van der Waals surface area (Å²) >= 11 is 0. The number of nitrogens with two attached hydrogens (primary N) is 1. The summed E-state index contributed by atoms with van der Waals surface area (Å²) in [6.45, 7) is 4.72. The van der Waals surface area contributed by atoms with Crippen molar-refractivity contribution < 1.29 is 0 Å². The smallest absolute Gasteiger partial charge is 0.0746 e. The lowest BCUT2D eigenvalue weighted by Crippen LogP contribution is -2.00. The van der Waals surface area contributed by atoms with E-state index in [9.17, 15) is 0 Å². The van der Waals surface area contributed by atoms with E-state index < -0.39 is 0 Å². The van der Waals surface area contributed by atoms with Crippen LogP contribution in [-0.2, 0) is 6.54 Å². The molecule has 0 aliphatic heterocycles. The molecule has 1 heterocycles. The summed E-state index contributed by atoms with van der Waals surface area (Å²) in [5.74, 6) is 0. The molecule has 0 saturated heterocycles. The normalized spacial score (nSPS) is 10.4. The molecule has 0 spiro atoms. The van der Waals surface area contributed by atoms with Crippen LogP contribution in [0.1, 0.15) is 16.7 Å². The van der Waals surface area contributed by atoms with Crippen LogP contribution in [0.3, 0.4) is 0 Å². The lowest BCUT2D eigenvalue weighted by Gasteiger charge is -2.08. The highest BCUT2D eigenvalue weighted by Gasteiger charge is 2.05. The quantitative estimate of drug-likeness (QED) is 0.831. The van der Waals surface area contributed by atoms with Crippen molar-refractivity contribution in [2.45, 2.75) is 20.4 Å². The first-order chi connectivity index (χ1) is 7.70. The SMILES string of the molecule is Cc1cc(C)cc(-c2ncccc2CN)c1. The van der Waals surface area contributed by atoms with Crippen LogP contribution in [0.2, 0.25) is 0 Å². The molecule has 0 bridgehead atoms. The minimum absolute atomic E-state index is 0.524. The van der Waals surface area contributed by atoms with Crippen molar-refractivity contribution in [1.29, 1.82) is 0 Å². The van der Waals surface area contributed by atoms with Gasteiger partial charge >= 0.3 is 0 Å². The molecule has 2 nitrogen and oxygen atoms in total. The zero-order chi connectivity index (χ0) is 11.5. The van der Waals surface area contributed by atoms with E-state index in [2.05, 4.69) is 37.0 Å². The van der Waals surface area contributed by atoms with E-state index in [1.165, 1.54) is 11.1 Å². The van der Waals surface area contributed by atoms with Gasteiger partial charge in [-0.3, -0.25) is 4.98 Å². The monoisotopic (exact) mass is 212 g/mol. The molecule has 2 heteroatoms. The minimum atomic E-state index is 0.524. The van der Waals surface area contributed by atoms with Crippen molar-refractivity contribution in [2.75, 3.05) is 0 Å². The number of hydrogen-bond donors (Lipinski definition) is 1. The molecule has 0 aliphatic carbocycles. The summed E-state index contributed by atoms with van der Waals surface area (Å²) in [7, 11) is 0. The lowest BCUT2D eigenvalue weighted by atomic mass is 10.0. The van der Waals surface area contributed by atoms with E-state index in [-0.39, 0.29) is 0 Å². The van der Waals surface area contributed by atoms with Crippen LogP contribution >= 0.6 is 0 Å². The third kappa shape index (κ3) is 2.12. The number of hydrogen-bond acceptors (Lipinski definition) is 2. The van der Waals surface area contributed by atoms with E-state index in [1.54, 1.807) is 0 Å². The summed E-state index contributed by atoms with van der Waals surface area (Å²) in [6, 6.07) is 10.4. The highest BCUT2D eigenvalue weighted by Crippen LogP contribution is 2.23. The van der Waals surface area contributed by atoms with Crippen LogP contribution < -0.4 is 5.73 Å². The van der Waals surface area contributed by atoms with Gasteiger partial charge in [-0.05, 0) is 37.6 Å². The summed E-state index contributed by atoms with van der Waals surface area (Å²) in [5.41, 5.74) is 11.5. The first-order valence-electron chi connectivity index (χ1n) is 5.43. The zero-order valence-corrected chi connectivity index (χ0v) is 9.70. The van der Waals surface area contributed by atoms with Crippen LogP contribution in [0.5, 0.6) is 0 Å². The van der Waals surface area contributed by atoms with Crippen LogP contribution in [0, 0.1) is 13.8 Å². The van der Waals surface area contributed by atoms with E-state index in [1.807, 2.05) is 18.3 Å². The molecule has 0 aliphatic rings. The fraction of sp³-hybridized carbons (Fsp3) is 0.214. The van der Waals surface area contributed by atoms with Gasteiger partial charge in [-0.15, -0.1) is 0 Å². The Morgan fingerprint density at radius 1 is 1.12 bits per heavy atom. The predicted octanol–water partition coefficient (Wildman–Crippen LogP) is 2.82. The van der Waals surface area contributed by atoms with Gasteiger partial charge in [-0.1, -0.05) is 23.3 Å². The maximum atomic E-state index is 5.72. The third-order valence-electron chi connectivity index (χ3n) is 2.61. The van der Waals surface area contributed by atoms with Crippen LogP contribution in [0.15, 0.2) is 36.5 Å². The lowest BCUT2D eigenvalue weighted by molar-refractivity contribution is 1.05. The molecule has 2 N–H and O–H groups in total. The largest absolute Gasteiger partial charge is 0.326 e. The Morgan fingerprint density at radius 2 is 1.81 bits per heavy atom. The van der Waals surface area contributed by atoms with Crippen molar-refractivity contribution in [1.82, 2.24) is 4.98 Å². The van der Waals surface area contributed by atoms with Crippen LogP contribution in [0.25, 0.3) is 11.3 Å². The first-order valence-corrected chi connectivity index (χ1v) is 5.43. The van der Waals surface area contributed by atoms with Gasteiger partial charge in [0.1, 0.15) is 0 Å². The summed E-state index contributed by atoms with van der Waals surface area (Å²) in [5, 5.41) is 0. The highest BCUT2D eigenvalue weighted by molar-refractivity contribution is 5.64. The van der Waals surface area contributed by atoms with Crippen molar-refractivity contribution in [3.63, 3.8) is 0 Å². The van der Waals surface area contributed by atoms with E-state index in [0.29, 0.717) is 6.54 Å². The molecule has 0 atom stereocenters. The van der Waals surface area contributed by atoms with Gasteiger partial charge in [0, 0.05) is 18.3 Å². The molecule has 0 unspecified atom stereocenters. The Hall–Kier alpha value is -1.67. The molecule has 0 amide bonds. The van der Waals surface area contributed by atoms with Gasteiger partial charge in [0.25, 0.3) is 0 Å². The first kappa shape index (κ1) is 10.8. The summed E-state index contributed by atoms with van der Waals surface area (Å²) in [6.07, 6.45) is 1.81. The third-order valence-corrected chi connectivity index (χ3v) is 2.61. The van der Waals surface area contributed by atoms with Crippen LogP contribution in [-0.4, -0.2) is 4.98 Å². The molecule has 16 heavy (non-hydrogen) atoms. The molecule has 2 rings (SSSR count). The Bertz CT molecular complexity index is 484. The number of aryl methyl sites for hydroxylation is 2. The van der Waals surface area contributed by atoms with E-state index >= 15 is 0 Å². The average Bonchev–Trinajstić information content (AvgIpc) is 2.27. The topological polar surface area (TPSA) is 38.9 Å². The van der Waals surface area contributed by atoms with Gasteiger partial charge in [0.05, 0.1) is 5.69 Å². The Balaban J connectivity index is 2.58. The molecule has 0 radical (unpaired) electrons. The zero-order valence-electron chi connectivity index (χ0n) is 9.70. The number of pyridine rings is 1. The Morgan fingerprint density at radius 3 is 2.44 bits per heavy atom. The van der Waals surface area contributed by atoms with Crippen molar-refractivity contribution >= 4 is 0 Å². The maximum Gasteiger partial charge on any atom is 0.0746 e. The number of nitrogens with zero attached hydrogens (tertiary/aromatic N) is 1. The van der Waals surface area contributed by atoms with E-state index in [4.69, 9.17) is 5.73 Å². The second-order valence-electron chi connectivity index (χ2n) is 4.09. The molecule has 1 aromatic heterocycles. The van der Waals surface area contributed by atoms with Crippen molar-refractivity contribution in [3.05, 3.63) is 53.2 Å². The van der Waals surface area contributed by atoms with Gasteiger partial charge in [-0.25, -0.2) is 0 Å². The van der Waals surface area contributed by atoms with E-state index in [0.717, 1.165) is 16.8 Å². The fourth-order valence-electron chi connectivity index (χ4n) is 1.97. The minimum Gasteiger partial charge on any atom is -0.326 e. The fourth-order valence-corrected chi connectivity index (χ4v) is 1.97. The van der Waals surface area contributed by atoms with Gasteiger partial charge in [-0.2, -0.15) is 0 Å². The van der Waals surface area contributed by atoms with Crippen molar-refractivity contribution in [2.24, 2.45) is 5.73 Å². The standard InChI is InChI=1S/C14H16N2/c1-10-6-11(2)8-13(7-10)14-12(9-15)4-3-5-16-14/h3-8H,9,15H2,1-2H3. The predicted molar refractivity (Wildman–Crippen MR) is 67.0 cm³/mol. The molecule has 1 aromatic carbocycles. The number of rotatable bonds is 2. The Labute approximate surface area is 96.1 Å². The number of benzene rings is 1. The number of aromatic nitrogens is 1. The Kier molecular flexibility index (Phi) is 3.02. The van der Waals surface area contributed by atoms with Crippen LogP contribution in [0.4, 0.5) is 0 Å². The summed E-state index contributed by atoms with van der Waals surface area (Å²) < 4.78 is 0. The average molecular weight is 212 g/mol. The maximum absolute atomic E-state index is 5.72. The van der Waals surface area contributed by atoms with Gasteiger partial charge < -0.3 is 5.73 Å². The molecular weight excluding hydrogens is 196 g/mol. The second-order valence-corrected chi connectivity index (χ2v) is 4.09. The molecule has 82 valence electrons. The van der Waals surface area contributed by atoms with Gasteiger partial charge in [0.15, 0.2) is 0 Å². The highest BCUT2D eigenvalue weighted by atomic mass is 14.7. The van der Waals surface area contributed by atoms with Gasteiger partial charge in [0.2, 0.25) is 0 Å². The molecule has 0 saturated carbocycles. The molecule has 0 fully saturated rings. The summed E-state index contributed by atoms with van der Waals surface area (Å²) in [4.78, 5) is 4.42.